The van der Waals surface area contributed by atoms with Gasteiger partial charge in [0.15, 0.2) is 0 Å². The van der Waals surface area contributed by atoms with Crippen molar-refractivity contribution in [3.05, 3.63) is 35.4 Å². The van der Waals surface area contributed by atoms with Crippen LogP contribution in [0.25, 0.3) is 0 Å². The SMILES string of the molecule is CC1OC(c2ccc(CO)cc2)C1(C)CO. The number of aliphatic hydroxyl groups is 2. The summed E-state index contributed by atoms with van der Waals surface area (Å²) >= 11 is 0. The van der Waals surface area contributed by atoms with Crippen LogP contribution in [0.5, 0.6) is 0 Å². The summed E-state index contributed by atoms with van der Waals surface area (Å²) in [6, 6.07) is 7.69. The summed E-state index contributed by atoms with van der Waals surface area (Å²) in [4.78, 5) is 0. The van der Waals surface area contributed by atoms with Gasteiger partial charge in [-0.05, 0) is 18.1 Å². The van der Waals surface area contributed by atoms with Gasteiger partial charge in [0.05, 0.1) is 25.4 Å². The molecule has 1 aromatic rings. The first-order valence-electron chi connectivity index (χ1n) is 5.58. The molecular weight excluding hydrogens is 204 g/mol. The summed E-state index contributed by atoms with van der Waals surface area (Å²) < 4.78 is 5.68. The third-order valence-electron chi connectivity index (χ3n) is 3.67. The summed E-state index contributed by atoms with van der Waals surface area (Å²) in [7, 11) is 0. The molecule has 0 aliphatic carbocycles. The van der Waals surface area contributed by atoms with E-state index in [9.17, 15) is 5.11 Å². The molecule has 3 unspecified atom stereocenters. The predicted molar refractivity (Wildman–Crippen MR) is 60.8 cm³/mol. The molecule has 0 aromatic heterocycles. The van der Waals surface area contributed by atoms with Gasteiger partial charge in [0.2, 0.25) is 0 Å². The first-order chi connectivity index (χ1) is 7.61. The Labute approximate surface area is 95.7 Å². The Morgan fingerprint density at radius 1 is 1.25 bits per heavy atom. The normalized spacial score (nSPS) is 33.5. The minimum Gasteiger partial charge on any atom is -0.396 e. The van der Waals surface area contributed by atoms with Crippen molar-refractivity contribution in [2.75, 3.05) is 6.61 Å². The van der Waals surface area contributed by atoms with Crippen molar-refractivity contribution in [2.45, 2.75) is 32.7 Å². The summed E-state index contributed by atoms with van der Waals surface area (Å²) in [6.07, 6.45) is 0.0419. The molecule has 3 nitrogen and oxygen atoms in total. The quantitative estimate of drug-likeness (QED) is 0.817. The van der Waals surface area contributed by atoms with Gasteiger partial charge in [0.25, 0.3) is 0 Å². The zero-order valence-corrected chi connectivity index (χ0v) is 9.68. The van der Waals surface area contributed by atoms with E-state index >= 15 is 0 Å². The summed E-state index contributed by atoms with van der Waals surface area (Å²) in [5.74, 6) is 0. The molecule has 1 fully saturated rings. The maximum Gasteiger partial charge on any atom is 0.0929 e. The van der Waals surface area contributed by atoms with Crippen LogP contribution in [0.3, 0.4) is 0 Å². The van der Waals surface area contributed by atoms with E-state index in [0.717, 1.165) is 11.1 Å². The van der Waals surface area contributed by atoms with E-state index in [0.29, 0.717) is 0 Å². The molecule has 0 bridgehead atoms. The van der Waals surface area contributed by atoms with Gasteiger partial charge < -0.3 is 14.9 Å². The lowest BCUT2D eigenvalue weighted by Crippen LogP contribution is -2.52. The fraction of sp³-hybridized carbons (Fsp3) is 0.538. The fourth-order valence-electron chi connectivity index (χ4n) is 2.12. The molecule has 1 aromatic carbocycles. The Kier molecular flexibility index (Phi) is 3.02. The number of hydrogen-bond donors (Lipinski definition) is 2. The van der Waals surface area contributed by atoms with Crippen molar-refractivity contribution in [3.63, 3.8) is 0 Å². The summed E-state index contributed by atoms with van der Waals surface area (Å²) in [5.41, 5.74) is 1.76. The molecule has 0 amide bonds. The van der Waals surface area contributed by atoms with Crippen molar-refractivity contribution in [1.29, 1.82) is 0 Å². The van der Waals surface area contributed by atoms with Gasteiger partial charge in [-0.25, -0.2) is 0 Å². The zero-order valence-electron chi connectivity index (χ0n) is 9.68. The molecule has 0 radical (unpaired) electrons. The van der Waals surface area contributed by atoms with Gasteiger partial charge in [-0.15, -0.1) is 0 Å². The highest BCUT2D eigenvalue weighted by Gasteiger charge is 2.51. The van der Waals surface area contributed by atoms with Crippen LogP contribution < -0.4 is 0 Å². The molecule has 2 rings (SSSR count). The molecule has 2 N–H and O–H groups in total. The van der Waals surface area contributed by atoms with E-state index in [1.165, 1.54) is 0 Å². The first-order valence-corrected chi connectivity index (χ1v) is 5.58. The summed E-state index contributed by atoms with van der Waals surface area (Å²) in [6.45, 7) is 4.20. The second kappa shape index (κ2) is 4.17. The lowest BCUT2D eigenvalue weighted by molar-refractivity contribution is -0.252. The monoisotopic (exact) mass is 222 g/mol. The largest absolute Gasteiger partial charge is 0.396 e. The molecular formula is C13H18O3. The lowest BCUT2D eigenvalue weighted by Gasteiger charge is -2.51. The Hall–Kier alpha value is -0.900. The molecule has 16 heavy (non-hydrogen) atoms. The van der Waals surface area contributed by atoms with E-state index in [2.05, 4.69) is 0 Å². The molecule has 1 heterocycles. The van der Waals surface area contributed by atoms with Crippen LogP contribution in [0.15, 0.2) is 24.3 Å². The molecule has 88 valence electrons. The Balaban J connectivity index is 2.19. The van der Waals surface area contributed by atoms with Crippen molar-refractivity contribution < 1.29 is 14.9 Å². The zero-order chi connectivity index (χ0) is 11.8. The van der Waals surface area contributed by atoms with E-state index in [4.69, 9.17) is 9.84 Å². The molecule has 1 saturated heterocycles. The molecule has 1 aliphatic rings. The van der Waals surface area contributed by atoms with Crippen LogP contribution in [0.1, 0.15) is 31.1 Å². The van der Waals surface area contributed by atoms with Crippen LogP contribution in [0.4, 0.5) is 0 Å². The van der Waals surface area contributed by atoms with Crippen LogP contribution in [0.2, 0.25) is 0 Å². The minimum atomic E-state index is -0.194. The summed E-state index contributed by atoms with van der Waals surface area (Å²) in [5, 5.41) is 18.4. The van der Waals surface area contributed by atoms with Crippen LogP contribution in [-0.4, -0.2) is 22.9 Å². The maximum atomic E-state index is 9.43. The fourth-order valence-corrected chi connectivity index (χ4v) is 2.12. The average Bonchev–Trinajstić information content (AvgIpc) is 2.35. The van der Waals surface area contributed by atoms with Crippen molar-refractivity contribution >= 4 is 0 Å². The van der Waals surface area contributed by atoms with Gasteiger partial charge in [0.1, 0.15) is 0 Å². The van der Waals surface area contributed by atoms with Gasteiger partial charge >= 0.3 is 0 Å². The molecule has 3 atom stereocenters. The molecule has 1 aliphatic heterocycles. The average molecular weight is 222 g/mol. The van der Waals surface area contributed by atoms with E-state index < -0.39 is 0 Å². The third kappa shape index (κ3) is 1.65. The Morgan fingerprint density at radius 3 is 2.31 bits per heavy atom. The highest BCUT2D eigenvalue weighted by Crippen LogP contribution is 2.50. The van der Waals surface area contributed by atoms with Crippen LogP contribution in [0, 0.1) is 5.41 Å². The maximum absolute atomic E-state index is 9.43. The highest BCUT2D eigenvalue weighted by atomic mass is 16.5. The van der Waals surface area contributed by atoms with Crippen molar-refractivity contribution in [3.8, 4) is 0 Å². The van der Waals surface area contributed by atoms with E-state index in [1.54, 1.807) is 0 Å². The van der Waals surface area contributed by atoms with Crippen LogP contribution >= 0.6 is 0 Å². The lowest BCUT2D eigenvalue weighted by atomic mass is 9.72. The topological polar surface area (TPSA) is 49.7 Å². The van der Waals surface area contributed by atoms with Gasteiger partial charge in [-0.3, -0.25) is 0 Å². The van der Waals surface area contributed by atoms with Crippen LogP contribution in [-0.2, 0) is 11.3 Å². The number of rotatable bonds is 3. The van der Waals surface area contributed by atoms with Crippen molar-refractivity contribution in [1.82, 2.24) is 0 Å². The minimum absolute atomic E-state index is 0.0414. The van der Waals surface area contributed by atoms with E-state index in [-0.39, 0.29) is 30.8 Å². The number of benzene rings is 1. The van der Waals surface area contributed by atoms with Gasteiger partial charge in [-0.2, -0.15) is 0 Å². The standard InChI is InChI=1S/C13H18O3/c1-9-13(2,8-15)12(16-9)11-5-3-10(7-14)4-6-11/h3-6,9,12,14-15H,7-8H2,1-2H3. The first kappa shape index (κ1) is 11.6. The number of ether oxygens (including phenoxy) is 1. The highest BCUT2D eigenvalue weighted by molar-refractivity contribution is 5.27. The number of hydrogen-bond acceptors (Lipinski definition) is 3. The van der Waals surface area contributed by atoms with E-state index in [1.807, 2.05) is 38.1 Å². The Morgan fingerprint density at radius 2 is 1.88 bits per heavy atom. The third-order valence-corrected chi connectivity index (χ3v) is 3.67. The predicted octanol–water partition coefficient (Wildman–Crippen LogP) is 1.64. The molecule has 3 heteroatoms. The Bertz CT molecular complexity index is 360. The molecule has 0 saturated carbocycles. The number of aliphatic hydroxyl groups excluding tert-OH is 2. The second-order valence-electron chi connectivity index (χ2n) is 4.72. The molecule has 0 spiro atoms. The van der Waals surface area contributed by atoms with Crippen molar-refractivity contribution in [2.24, 2.45) is 5.41 Å². The second-order valence-corrected chi connectivity index (χ2v) is 4.72. The van der Waals surface area contributed by atoms with Gasteiger partial charge in [0, 0.05) is 5.41 Å². The smallest absolute Gasteiger partial charge is 0.0929 e. The van der Waals surface area contributed by atoms with Gasteiger partial charge in [-0.1, -0.05) is 31.2 Å².